The average molecular weight is 321 g/mol. The van der Waals surface area contributed by atoms with Crippen LogP contribution in [0.1, 0.15) is 58.8 Å². The van der Waals surface area contributed by atoms with E-state index in [1.54, 1.807) is 14.2 Å². The van der Waals surface area contributed by atoms with E-state index in [2.05, 4.69) is 26.5 Å². The molecule has 0 saturated heterocycles. The summed E-state index contributed by atoms with van der Waals surface area (Å²) in [4.78, 5) is 11.1. The Morgan fingerprint density at radius 2 is 1.60 bits per heavy atom. The van der Waals surface area contributed by atoms with Gasteiger partial charge in [0.15, 0.2) is 0 Å². The number of rotatable bonds is 13. The monoisotopic (exact) mass is 320 g/mol. The number of hydrogen-bond acceptors (Lipinski definition) is 4. The lowest BCUT2D eigenvalue weighted by molar-refractivity contribution is -0.108. The topological polar surface area (TPSA) is 35.5 Å². The van der Waals surface area contributed by atoms with Crippen LogP contribution in [0.25, 0.3) is 0 Å². The molecular weight excluding hydrogens is 288 g/mol. The van der Waals surface area contributed by atoms with Crippen LogP contribution in [-0.2, 0) is 13.6 Å². The fourth-order valence-electron chi connectivity index (χ4n) is 3.26. The van der Waals surface area contributed by atoms with Gasteiger partial charge in [-0.3, -0.25) is 0 Å². The number of carbonyl (C=O) groups excluding carboxylic acids is 1. The van der Waals surface area contributed by atoms with Crippen molar-refractivity contribution in [3.05, 3.63) is 0 Å². The first-order valence-electron chi connectivity index (χ1n) is 7.81. The third-order valence-corrected chi connectivity index (χ3v) is 9.11. The Bertz CT molecular complexity index is 247. The first kappa shape index (κ1) is 20.2. The molecule has 3 nitrogen and oxygen atoms in total. The zero-order valence-electron chi connectivity index (χ0n) is 13.6. The van der Waals surface area contributed by atoms with Crippen molar-refractivity contribution >= 4 is 27.5 Å². The van der Waals surface area contributed by atoms with Gasteiger partial charge in [-0.2, -0.15) is 12.6 Å². The summed E-state index contributed by atoms with van der Waals surface area (Å²) in [6.07, 6.45) is 8.06. The normalized spacial score (nSPS) is 15.1. The van der Waals surface area contributed by atoms with Crippen LogP contribution >= 0.6 is 12.6 Å². The van der Waals surface area contributed by atoms with Gasteiger partial charge in [-0.25, -0.2) is 0 Å². The van der Waals surface area contributed by atoms with Gasteiger partial charge in [0.05, 0.1) is 0 Å². The molecule has 0 aliphatic heterocycles. The van der Waals surface area contributed by atoms with Crippen molar-refractivity contribution in [2.24, 2.45) is 0 Å². The van der Waals surface area contributed by atoms with Gasteiger partial charge in [-0.15, -0.1) is 0 Å². The second kappa shape index (κ2) is 11.8. The van der Waals surface area contributed by atoms with Crippen LogP contribution in [-0.4, -0.2) is 34.8 Å². The van der Waals surface area contributed by atoms with E-state index in [1.807, 2.05) is 0 Å². The lowest BCUT2D eigenvalue weighted by atomic mass is 10.1. The second-order valence-corrected chi connectivity index (χ2v) is 9.71. The largest absolute Gasteiger partial charge is 0.397 e. The SMILES string of the molecule is CCCC(CC=O)[Si](OC)(OC)C(CCC)CCCS. The Labute approximate surface area is 131 Å². The first-order chi connectivity index (χ1) is 9.66. The minimum Gasteiger partial charge on any atom is -0.397 e. The molecule has 120 valence electrons. The summed E-state index contributed by atoms with van der Waals surface area (Å²) < 4.78 is 12.0. The fourth-order valence-corrected chi connectivity index (χ4v) is 8.03. The Balaban J connectivity index is 5.27. The van der Waals surface area contributed by atoms with E-state index in [0.29, 0.717) is 12.0 Å². The Morgan fingerprint density at radius 3 is 2.00 bits per heavy atom. The Kier molecular flexibility index (Phi) is 11.9. The zero-order chi connectivity index (χ0) is 15.4. The van der Waals surface area contributed by atoms with Crippen LogP contribution in [0.4, 0.5) is 0 Å². The molecule has 0 fully saturated rings. The lowest BCUT2D eigenvalue weighted by Crippen LogP contribution is -2.50. The van der Waals surface area contributed by atoms with Gasteiger partial charge >= 0.3 is 8.56 Å². The molecule has 0 N–H and O–H groups in total. The highest BCUT2D eigenvalue weighted by molar-refractivity contribution is 7.80. The molecule has 0 radical (unpaired) electrons. The predicted octanol–water partition coefficient (Wildman–Crippen LogP) is 4.36. The molecule has 0 aliphatic carbocycles. The summed E-state index contributed by atoms with van der Waals surface area (Å²) in [6.45, 7) is 4.36. The molecule has 0 aliphatic rings. The van der Waals surface area contributed by atoms with Gasteiger partial charge in [0, 0.05) is 31.7 Å². The van der Waals surface area contributed by atoms with E-state index in [0.717, 1.165) is 50.6 Å². The van der Waals surface area contributed by atoms with E-state index in [9.17, 15) is 4.79 Å². The van der Waals surface area contributed by atoms with Crippen LogP contribution in [0.2, 0.25) is 11.1 Å². The van der Waals surface area contributed by atoms with Crippen LogP contribution in [0.15, 0.2) is 0 Å². The van der Waals surface area contributed by atoms with E-state index in [1.165, 1.54) is 0 Å². The third-order valence-electron chi connectivity index (χ3n) is 4.14. The van der Waals surface area contributed by atoms with E-state index >= 15 is 0 Å². The highest BCUT2D eigenvalue weighted by Crippen LogP contribution is 2.43. The highest BCUT2D eigenvalue weighted by Gasteiger charge is 2.49. The number of hydrogen-bond donors (Lipinski definition) is 1. The molecule has 20 heavy (non-hydrogen) atoms. The van der Waals surface area contributed by atoms with E-state index in [4.69, 9.17) is 8.85 Å². The van der Waals surface area contributed by atoms with Crippen LogP contribution < -0.4 is 0 Å². The summed E-state index contributed by atoms with van der Waals surface area (Å²) in [7, 11) is 1.17. The quantitative estimate of drug-likeness (QED) is 0.311. The third kappa shape index (κ3) is 5.51. The van der Waals surface area contributed by atoms with Crippen molar-refractivity contribution in [2.45, 2.75) is 69.9 Å². The van der Waals surface area contributed by atoms with Crippen LogP contribution in [0.3, 0.4) is 0 Å². The van der Waals surface area contributed by atoms with Gasteiger partial charge in [-0.05, 0) is 31.4 Å². The molecule has 0 heterocycles. The summed E-state index contributed by atoms with van der Waals surface area (Å²) in [6, 6.07) is 0. The van der Waals surface area contributed by atoms with Crippen molar-refractivity contribution in [3.8, 4) is 0 Å². The number of thiol groups is 1. The molecule has 0 aromatic carbocycles. The maximum absolute atomic E-state index is 11.1. The Hall–Kier alpha value is 0.157. The molecule has 0 rings (SSSR count). The maximum Gasteiger partial charge on any atom is 0.344 e. The fraction of sp³-hybridized carbons (Fsp3) is 0.933. The van der Waals surface area contributed by atoms with Gasteiger partial charge in [0.2, 0.25) is 0 Å². The van der Waals surface area contributed by atoms with Crippen LogP contribution in [0.5, 0.6) is 0 Å². The molecule has 2 unspecified atom stereocenters. The van der Waals surface area contributed by atoms with Crippen molar-refractivity contribution in [3.63, 3.8) is 0 Å². The molecule has 0 amide bonds. The molecule has 0 bridgehead atoms. The predicted molar refractivity (Wildman–Crippen MR) is 90.9 cm³/mol. The van der Waals surface area contributed by atoms with Crippen molar-refractivity contribution < 1.29 is 13.6 Å². The molecule has 0 saturated carbocycles. The molecule has 0 spiro atoms. The number of aldehydes is 1. The molecule has 0 aromatic heterocycles. The summed E-state index contributed by atoms with van der Waals surface area (Å²) in [5.74, 6) is 0.893. The van der Waals surface area contributed by atoms with Crippen molar-refractivity contribution in [2.75, 3.05) is 20.0 Å². The van der Waals surface area contributed by atoms with Gasteiger partial charge < -0.3 is 13.6 Å². The molecule has 0 aromatic rings. The maximum atomic E-state index is 11.1. The standard InChI is InChI=1S/C15H32O3SSi/c1-5-8-14(10-7-13-19)20(17-3,18-4)15(9-6-2)11-12-16/h12,14-15,19H,5-11,13H2,1-4H3. The van der Waals surface area contributed by atoms with Crippen molar-refractivity contribution in [1.29, 1.82) is 0 Å². The minimum atomic E-state index is -2.37. The lowest BCUT2D eigenvalue weighted by Gasteiger charge is -2.40. The Morgan fingerprint density at radius 1 is 1.05 bits per heavy atom. The second-order valence-electron chi connectivity index (χ2n) is 5.37. The summed E-state index contributed by atoms with van der Waals surface area (Å²) in [5, 5.41) is 0. The molecular formula is C15H32O3SSi. The van der Waals surface area contributed by atoms with Gasteiger partial charge in [0.1, 0.15) is 6.29 Å². The highest BCUT2D eigenvalue weighted by atomic mass is 32.1. The van der Waals surface area contributed by atoms with E-state index < -0.39 is 8.56 Å². The average Bonchev–Trinajstić information content (AvgIpc) is 2.46. The smallest absolute Gasteiger partial charge is 0.344 e. The number of carbonyl (C=O) groups is 1. The molecule has 2 atom stereocenters. The van der Waals surface area contributed by atoms with E-state index in [-0.39, 0.29) is 5.54 Å². The minimum absolute atomic E-state index is 0.261. The van der Waals surface area contributed by atoms with Crippen molar-refractivity contribution in [1.82, 2.24) is 0 Å². The first-order valence-corrected chi connectivity index (χ1v) is 10.4. The summed E-state index contributed by atoms with van der Waals surface area (Å²) in [5.41, 5.74) is 0.711. The summed E-state index contributed by atoms with van der Waals surface area (Å²) >= 11 is 4.33. The van der Waals surface area contributed by atoms with Crippen LogP contribution in [0, 0.1) is 0 Å². The zero-order valence-corrected chi connectivity index (χ0v) is 15.5. The van der Waals surface area contributed by atoms with Gasteiger partial charge in [0.25, 0.3) is 0 Å². The molecule has 5 heteroatoms. The van der Waals surface area contributed by atoms with Gasteiger partial charge in [-0.1, -0.05) is 26.7 Å².